The third-order valence-corrected chi connectivity index (χ3v) is 5.34. The number of halogens is 1. The van der Waals surface area contributed by atoms with Crippen LogP contribution in [-0.2, 0) is 18.9 Å². The van der Waals surface area contributed by atoms with Crippen LogP contribution in [-0.4, -0.2) is 41.4 Å². The highest BCUT2D eigenvalue weighted by Crippen LogP contribution is 2.51. The van der Waals surface area contributed by atoms with E-state index >= 15 is 0 Å². The quantitative estimate of drug-likeness (QED) is 0.242. The van der Waals surface area contributed by atoms with E-state index in [4.69, 9.17) is 18.9 Å². The molecule has 0 aliphatic carbocycles. The lowest BCUT2D eigenvalue weighted by atomic mass is 10.2. The molecule has 3 unspecified atom stereocenters. The normalized spacial score (nSPS) is 18.6. The number of thioether (sulfide) groups is 1. The first-order valence-corrected chi connectivity index (χ1v) is 11.5. The third-order valence-electron chi connectivity index (χ3n) is 3.51. The molecule has 0 radical (unpaired) electrons. The Balaban J connectivity index is 6.04. The van der Waals surface area contributed by atoms with Crippen molar-refractivity contribution >= 4 is 23.9 Å². The summed E-state index contributed by atoms with van der Waals surface area (Å²) in [6.45, 7) is 16.5. The van der Waals surface area contributed by atoms with Crippen LogP contribution in [0.3, 0.4) is 0 Å². The molecule has 0 fully saturated rings. The Morgan fingerprint density at radius 3 is 2.00 bits per heavy atom. The SMILES string of the molecule is CCCCOC(OCC(C)C)(SF)C(OC(C)CC)(OC(C)(C)C)SC. The molecule has 26 heavy (non-hydrogen) atoms. The highest BCUT2D eigenvalue weighted by molar-refractivity contribution is 8.02. The molecule has 0 aliphatic heterocycles. The molecule has 4 nitrogen and oxygen atoms in total. The predicted octanol–water partition coefficient (Wildman–Crippen LogP) is 6.39. The molecule has 0 heterocycles. The second-order valence-corrected chi connectivity index (χ2v) is 9.49. The van der Waals surface area contributed by atoms with Crippen molar-refractivity contribution in [2.24, 2.45) is 5.92 Å². The molecule has 0 aromatic rings. The minimum absolute atomic E-state index is 0.0192. The van der Waals surface area contributed by atoms with Gasteiger partial charge in [-0.15, -0.1) is 0 Å². The molecule has 0 aromatic heterocycles. The Morgan fingerprint density at radius 1 is 1.00 bits per heavy atom. The number of hydrogen-bond acceptors (Lipinski definition) is 6. The zero-order valence-electron chi connectivity index (χ0n) is 18.0. The molecule has 0 saturated carbocycles. The summed E-state index contributed by atoms with van der Waals surface area (Å²) in [5.74, 6) is 0.217. The number of ether oxygens (including phenoxy) is 4. The summed E-state index contributed by atoms with van der Waals surface area (Å²) < 4.78 is 39.1. The summed E-state index contributed by atoms with van der Waals surface area (Å²) in [6.07, 6.45) is 4.20. The number of unbranched alkanes of at least 4 members (excludes halogenated alkanes) is 1. The van der Waals surface area contributed by atoms with Crippen molar-refractivity contribution in [1.82, 2.24) is 0 Å². The van der Waals surface area contributed by atoms with E-state index in [9.17, 15) is 3.89 Å². The standard InChI is InChI=1S/C19H39FO4S2/c1-10-12-13-21-18(26-20,22-14-15(3)4)19(25-9,23-16(5)11-2)24-17(6,7)8/h15-16H,10-14H2,1-9H3. The van der Waals surface area contributed by atoms with Crippen LogP contribution in [0.4, 0.5) is 3.89 Å². The van der Waals surface area contributed by atoms with Gasteiger partial charge < -0.3 is 18.9 Å². The van der Waals surface area contributed by atoms with Gasteiger partial charge in [0.2, 0.25) is 0 Å². The summed E-state index contributed by atoms with van der Waals surface area (Å²) in [4.78, 5) is 0. The van der Waals surface area contributed by atoms with Gasteiger partial charge in [-0.25, -0.2) is 0 Å². The molecule has 0 bridgehead atoms. The first-order chi connectivity index (χ1) is 12.0. The van der Waals surface area contributed by atoms with Gasteiger partial charge in [0.15, 0.2) is 0 Å². The molecular weight excluding hydrogens is 375 g/mol. The third kappa shape index (κ3) is 8.23. The highest BCUT2D eigenvalue weighted by atomic mass is 32.2. The van der Waals surface area contributed by atoms with Crippen molar-refractivity contribution in [3.05, 3.63) is 0 Å². The smallest absolute Gasteiger partial charge is 0.316 e. The summed E-state index contributed by atoms with van der Waals surface area (Å²) in [5, 5.41) is -3.15. The molecule has 0 saturated heterocycles. The fraction of sp³-hybridized carbons (Fsp3) is 1.00. The molecule has 0 rings (SSSR count). The van der Waals surface area contributed by atoms with E-state index in [1.807, 2.05) is 54.7 Å². The lowest BCUT2D eigenvalue weighted by Crippen LogP contribution is -2.60. The monoisotopic (exact) mass is 414 g/mol. The first-order valence-electron chi connectivity index (χ1n) is 9.52. The molecule has 0 N–H and O–H groups in total. The Bertz CT molecular complexity index is 379. The van der Waals surface area contributed by atoms with Crippen molar-refractivity contribution in [1.29, 1.82) is 0 Å². The van der Waals surface area contributed by atoms with Gasteiger partial charge in [-0.05, 0) is 52.7 Å². The van der Waals surface area contributed by atoms with Gasteiger partial charge in [0.05, 0.1) is 24.9 Å². The average molecular weight is 415 g/mol. The van der Waals surface area contributed by atoms with Crippen LogP contribution in [0.25, 0.3) is 0 Å². The van der Waals surface area contributed by atoms with Crippen LogP contribution in [0.5, 0.6) is 0 Å². The van der Waals surface area contributed by atoms with Crippen LogP contribution in [0.1, 0.15) is 74.7 Å². The fourth-order valence-corrected chi connectivity index (χ4v) is 3.79. The lowest BCUT2D eigenvalue weighted by molar-refractivity contribution is -0.357. The maximum absolute atomic E-state index is 14.5. The molecule has 0 spiro atoms. The van der Waals surface area contributed by atoms with Gasteiger partial charge in [-0.2, -0.15) is 3.89 Å². The zero-order chi connectivity index (χ0) is 20.4. The van der Waals surface area contributed by atoms with E-state index in [0.29, 0.717) is 13.2 Å². The lowest BCUT2D eigenvalue weighted by Gasteiger charge is -2.48. The van der Waals surface area contributed by atoms with E-state index in [0.717, 1.165) is 19.3 Å². The van der Waals surface area contributed by atoms with Crippen molar-refractivity contribution in [3.8, 4) is 0 Å². The van der Waals surface area contributed by atoms with Gasteiger partial charge in [0.1, 0.15) is 12.1 Å². The first kappa shape index (κ1) is 26.5. The molecule has 0 aliphatic rings. The Labute approximate surface area is 168 Å². The largest absolute Gasteiger partial charge is 0.334 e. The zero-order valence-corrected chi connectivity index (χ0v) is 19.7. The van der Waals surface area contributed by atoms with E-state index < -0.39 is 15.8 Å². The van der Waals surface area contributed by atoms with Gasteiger partial charge in [0.25, 0.3) is 5.12 Å². The van der Waals surface area contributed by atoms with Crippen molar-refractivity contribution < 1.29 is 22.8 Å². The highest BCUT2D eigenvalue weighted by Gasteiger charge is 2.61. The van der Waals surface area contributed by atoms with Crippen LogP contribution < -0.4 is 0 Å². The second-order valence-electron chi connectivity index (χ2n) is 7.85. The van der Waals surface area contributed by atoms with Gasteiger partial charge in [-0.3, -0.25) is 0 Å². The van der Waals surface area contributed by atoms with Crippen LogP contribution >= 0.6 is 23.9 Å². The molecule has 0 amide bonds. The van der Waals surface area contributed by atoms with Gasteiger partial charge in [0, 0.05) is 0 Å². The molecule has 158 valence electrons. The Hall–Kier alpha value is 0.470. The fourth-order valence-electron chi connectivity index (χ4n) is 2.06. The topological polar surface area (TPSA) is 36.9 Å². The van der Waals surface area contributed by atoms with E-state index in [1.54, 1.807) is 0 Å². The summed E-state index contributed by atoms with van der Waals surface area (Å²) in [5.41, 5.74) is -0.577. The average Bonchev–Trinajstić information content (AvgIpc) is 2.55. The van der Waals surface area contributed by atoms with E-state index in [1.165, 1.54) is 11.8 Å². The van der Waals surface area contributed by atoms with Gasteiger partial charge >= 0.3 is 5.12 Å². The van der Waals surface area contributed by atoms with Crippen molar-refractivity contribution in [2.75, 3.05) is 19.5 Å². The summed E-state index contributed by atoms with van der Waals surface area (Å²) >= 11 is 1.29. The summed E-state index contributed by atoms with van der Waals surface area (Å²) in [7, 11) is 0. The Morgan fingerprint density at radius 2 is 1.62 bits per heavy atom. The minimum Gasteiger partial charge on any atom is -0.334 e. The van der Waals surface area contributed by atoms with Gasteiger partial charge in [-0.1, -0.05) is 45.9 Å². The van der Waals surface area contributed by atoms with Crippen molar-refractivity contribution in [3.63, 3.8) is 0 Å². The van der Waals surface area contributed by atoms with E-state index in [-0.39, 0.29) is 24.2 Å². The number of rotatable bonds is 14. The minimum atomic E-state index is -1.71. The van der Waals surface area contributed by atoms with E-state index in [2.05, 4.69) is 6.92 Å². The van der Waals surface area contributed by atoms with Crippen LogP contribution in [0.15, 0.2) is 0 Å². The predicted molar refractivity (Wildman–Crippen MR) is 111 cm³/mol. The molecule has 0 aromatic carbocycles. The molecule has 7 heteroatoms. The maximum atomic E-state index is 14.5. The summed E-state index contributed by atoms with van der Waals surface area (Å²) in [6, 6.07) is 0. The second kappa shape index (κ2) is 12.1. The van der Waals surface area contributed by atoms with Crippen LogP contribution in [0, 0.1) is 5.92 Å². The number of hydrogen-bond donors (Lipinski definition) is 0. The molecular formula is C19H39FO4S2. The van der Waals surface area contributed by atoms with Crippen LogP contribution in [0.2, 0.25) is 0 Å². The van der Waals surface area contributed by atoms with Crippen molar-refractivity contribution in [2.45, 2.75) is 96.6 Å². The Kier molecular flexibility index (Phi) is 12.3. The maximum Gasteiger partial charge on any atom is 0.316 e. The molecule has 3 atom stereocenters.